The van der Waals surface area contributed by atoms with Gasteiger partial charge in [-0.1, -0.05) is 58.0 Å². The lowest BCUT2D eigenvalue weighted by atomic mass is 9.93. The van der Waals surface area contributed by atoms with E-state index in [0.717, 1.165) is 5.56 Å². The zero-order valence-electron chi connectivity index (χ0n) is 26.6. The van der Waals surface area contributed by atoms with Crippen molar-refractivity contribution in [2.75, 3.05) is 6.61 Å². The van der Waals surface area contributed by atoms with Gasteiger partial charge in [0.25, 0.3) is 0 Å². The Bertz CT molecular complexity index is 1100. The molecule has 5 N–H and O–H groups in total. The van der Waals surface area contributed by atoms with E-state index in [4.69, 9.17) is 4.74 Å². The third-order valence-electron chi connectivity index (χ3n) is 7.25. The van der Waals surface area contributed by atoms with Crippen LogP contribution in [0.3, 0.4) is 0 Å². The quantitative estimate of drug-likeness (QED) is 0.160. The number of aryl methyl sites for hydroxylation is 1. The number of aliphatic hydroxyl groups excluding tert-OH is 1. The summed E-state index contributed by atoms with van der Waals surface area (Å²) in [5, 5.41) is 21.0. The maximum atomic E-state index is 13.5. The normalized spacial score (nSPS) is 19.5. The van der Waals surface area contributed by atoms with Gasteiger partial charge in [-0.3, -0.25) is 24.0 Å². The molecule has 0 radical (unpaired) electrons. The van der Waals surface area contributed by atoms with Gasteiger partial charge < -0.3 is 31.1 Å². The zero-order chi connectivity index (χ0) is 32.3. The van der Waals surface area contributed by atoms with E-state index in [1.807, 2.05) is 58.0 Å². The van der Waals surface area contributed by atoms with Crippen LogP contribution < -0.4 is 21.3 Å². The van der Waals surface area contributed by atoms with Gasteiger partial charge in [-0.05, 0) is 56.9 Å². The number of ketones is 1. The Morgan fingerprint density at radius 1 is 0.767 bits per heavy atom. The molecule has 0 unspecified atom stereocenters. The molecule has 6 atom stereocenters. The molecule has 0 aromatic heterocycles. The van der Waals surface area contributed by atoms with E-state index in [1.54, 1.807) is 6.92 Å². The summed E-state index contributed by atoms with van der Waals surface area (Å²) in [7, 11) is 0. The number of rotatable bonds is 18. The van der Waals surface area contributed by atoms with Crippen LogP contribution in [-0.4, -0.2) is 77.0 Å². The van der Waals surface area contributed by atoms with Crippen molar-refractivity contribution in [1.29, 1.82) is 0 Å². The van der Waals surface area contributed by atoms with Crippen molar-refractivity contribution in [1.82, 2.24) is 21.3 Å². The molecule has 1 heterocycles. The highest BCUT2D eigenvalue weighted by Gasteiger charge is 2.50. The molecule has 1 aromatic rings. The Balaban J connectivity index is 2.18. The second-order valence-electron chi connectivity index (χ2n) is 12.7. The maximum Gasteiger partial charge on any atom is 0.243 e. The molecule has 11 heteroatoms. The van der Waals surface area contributed by atoms with E-state index in [9.17, 15) is 29.1 Å². The van der Waals surface area contributed by atoms with E-state index < -0.39 is 53.6 Å². The Morgan fingerprint density at radius 2 is 1.23 bits per heavy atom. The minimum atomic E-state index is -1.15. The van der Waals surface area contributed by atoms with Gasteiger partial charge in [0, 0.05) is 13.3 Å². The Labute approximate surface area is 255 Å². The van der Waals surface area contributed by atoms with Crippen molar-refractivity contribution in [2.45, 2.75) is 116 Å². The van der Waals surface area contributed by atoms with E-state index in [-0.39, 0.29) is 43.0 Å². The first-order valence-electron chi connectivity index (χ1n) is 15.2. The van der Waals surface area contributed by atoms with Gasteiger partial charge in [-0.2, -0.15) is 0 Å². The number of amides is 4. The molecular weight excluding hydrogens is 552 g/mol. The average molecular weight is 603 g/mol. The molecule has 1 aliphatic heterocycles. The second kappa shape index (κ2) is 16.5. The van der Waals surface area contributed by atoms with Crippen molar-refractivity contribution < 1.29 is 33.8 Å². The zero-order valence-corrected chi connectivity index (χ0v) is 26.6. The second-order valence-corrected chi connectivity index (χ2v) is 12.7. The highest BCUT2D eigenvalue weighted by molar-refractivity contribution is 5.98. The minimum Gasteiger partial charge on any atom is -0.393 e. The van der Waals surface area contributed by atoms with Crippen molar-refractivity contribution in [3.63, 3.8) is 0 Å². The lowest BCUT2D eigenvalue weighted by Crippen LogP contribution is -2.59. The van der Waals surface area contributed by atoms with E-state index in [0.29, 0.717) is 19.3 Å². The van der Waals surface area contributed by atoms with Crippen molar-refractivity contribution in [3.05, 3.63) is 35.9 Å². The SMILES string of the molecule is CC(=O)N[C@@H](CCc1ccccc1)C(=O)N[C@@H](CC(C)C)C(=O)N[C@H](C[C@@H](C)O)C(=O)N[C@@H](CC(C)C)C(=O)[C@@]1(C)CO1. The third kappa shape index (κ3) is 12.4. The number of ether oxygens (including phenoxy) is 1. The van der Waals surface area contributed by atoms with Crippen LogP contribution >= 0.6 is 0 Å². The monoisotopic (exact) mass is 602 g/mol. The molecule has 0 bridgehead atoms. The molecule has 43 heavy (non-hydrogen) atoms. The number of nitrogens with one attached hydrogen (secondary N) is 4. The molecule has 4 amide bonds. The highest BCUT2D eigenvalue weighted by atomic mass is 16.6. The van der Waals surface area contributed by atoms with Crippen LogP contribution in [0.25, 0.3) is 0 Å². The minimum absolute atomic E-state index is 0.0101. The molecular formula is C32H50N4O7. The summed E-state index contributed by atoms with van der Waals surface area (Å²) in [6.45, 7) is 12.5. The molecule has 0 spiro atoms. The first-order chi connectivity index (χ1) is 20.1. The number of aliphatic hydroxyl groups is 1. The third-order valence-corrected chi connectivity index (χ3v) is 7.25. The largest absolute Gasteiger partial charge is 0.393 e. The molecule has 2 rings (SSSR count). The number of epoxide rings is 1. The van der Waals surface area contributed by atoms with Gasteiger partial charge in [0.05, 0.1) is 18.8 Å². The van der Waals surface area contributed by atoms with Crippen molar-refractivity contribution in [2.24, 2.45) is 11.8 Å². The van der Waals surface area contributed by atoms with Crippen LogP contribution in [0, 0.1) is 11.8 Å². The summed E-state index contributed by atoms with van der Waals surface area (Å²) in [5.41, 5.74) is 0.0681. The van der Waals surface area contributed by atoms with E-state index >= 15 is 0 Å². The number of Topliss-reactive ketones (excluding diaryl/α,β-unsaturated/α-hetero) is 1. The van der Waals surface area contributed by atoms with Gasteiger partial charge in [-0.15, -0.1) is 0 Å². The van der Waals surface area contributed by atoms with Crippen LogP contribution in [-0.2, 0) is 35.1 Å². The van der Waals surface area contributed by atoms with Crippen LogP contribution in [0.4, 0.5) is 0 Å². The first-order valence-corrected chi connectivity index (χ1v) is 15.2. The van der Waals surface area contributed by atoms with Gasteiger partial charge in [0.2, 0.25) is 23.6 Å². The van der Waals surface area contributed by atoms with Gasteiger partial charge in [-0.25, -0.2) is 0 Å². The summed E-state index contributed by atoms with van der Waals surface area (Å²) in [6, 6.07) is 5.71. The van der Waals surface area contributed by atoms with Gasteiger partial charge in [0.1, 0.15) is 23.7 Å². The number of hydrogen-bond donors (Lipinski definition) is 5. The molecule has 0 saturated carbocycles. The fraction of sp³-hybridized carbons (Fsp3) is 0.656. The number of carbonyl (C=O) groups excluding carboxylic acids is 5. The average Bonchev–Trinajstić information content (AvgIpc) is 3.67. The van der Waals surface area contributed by atoms with Crippen molar-refractivity contribution in [3.8, 4) is 0 Å². The number of benzene rings is 1. The predicted molar refractivity (Wildman–Crippen MR) is 163 cm³/mol. The Kier molecular flexibility index (Phi) is 13.8. The summed E-state index contributed by atoms with van der Waals surface area (Å²) < 4.78 is 5.31. The molecule has 1 aliphatic rings. The summed E-state index contributed by atoms with van der Waals surface area (Å²) >= 11 is 0. The topological polar surface area (TPSA) is 166 Å². The van der Waals surface area contributed by atoms with E-state index in [2.05, 4.69) is 21.3 Å². The molecule has 11 nitrogen and oxygen atoms in total. The first kappa shape index (κ1) is 35.9. The summed E-state index contributed by atoms with van der Waals surface area (Å²) in [4.78, 5) is 65.2. The standard InChI is InChI=1S/C32H50N4O7/c1-19(2)15-25(28(39)32(7)18-43-32)34-31(42)27(17-21(5)37)36-30(41)26(16-20(3)4)35-29(40)24(33-22(6)38)14-13-23-11-9-8-10-12-23/h8-12,19-21,24-27,37H,13-18H2,1-7H3,(H,33,38)(H,34,42)(H,35,40)(H,36,41)/t21-,24+,25+,26+,27-,32-/m1/s1. The van der Waals surface area contributed by atoms with Gasteiger partial charge >= 0.3 is 0 Å². The van der Waals surface area contributed by atoms with Crippen LogP contribution in [0.1, 0.15) is 79.7 Å². The van der Waals surface area contributed by atoms with Crippen LogP contribution in [0.15, 0.2) is 30.3 Å². The maximum absolute atomic E-state index is 13.5. The molecule has 1 saturated heterocycles. The Hall–Kier alpha value is -3.31. The molecule has 1 fully saturated rings. The molecule has 1 aromatic carbocycles. The number of carbonyl (C=O) groups is 5. The smallest absolute Gasteiger partial charge is 0.243 e. The van der Waals surface area contributed by atoms with Crippen molar-refractivity contribution >= 4 is 29.4 Å². The Morgan fingerprint density at radius 3 is 1.70 bits per heavy atom. The summed E-state index contributed by atoms with van der Waals surface area (Å²) in [6.07, 6.45) is 0.500. The molecule has 240 valence electrons. The van der Waals surface area contributed by atoms with E-state index in [1.165, 1.54) is 13.8 Å². The number of hydrogen-bond acceptors (Lipinski definition) is 7. The summed E-state index contributed by atoms with van der Waals surface area (Å²) in [5.74, 6) is -2.21. The fourth-order valence-corrected chi connectivity index (χ4v) is 4.88. The van der Waals surface area contributed by atoms with Gasteiger partial charge in [0.15, 0.2) is 5.78 Å². The lowest BCUT2D eigenvalue weighted by molar-refractivity contribution is -0.135. The highest BCUT2D eigenvalue weighted by Crippen LogP contribution is 2.29. The lowest BCUT2D eigenvalue weighted by Gasteiger charge is -2.28. The predicted octanol–water partition coefficient (Wildman–Crippen LogP) is 1.80. The molecule has 0 aliphatic carbocycles. The van der Waals surface area contributed by atoms with Crippen LogP contribution in [0.2, 0.25) is 0 Å². The van der Waals surface area contributed by atoms with Crippen LogP contribution in [0.5, 0.6) is 0 Å². The fourth-order valence-electron chi connectivity index (χ4n) is 4.88.